The van der Waals surface area contributed by atoms with E-state index in [9.17, 15) is 18.0 Å². The van der Waals surface area contributed by atoms with Gasteiger partial charge in [-0.3, -0.25) is 4.79 Å². The van der Waals surface area contributed by atoms with Crippen molar-refractivity contribution in [3.8, 4) is 11.8 Å². The van der Waals surface area contributed by atoms with Crippen LogP contribution in [0, 0.1) is 11.8 Å². The Morgan fingerprint density at radius 2 is 1.93 bits per heavy atom. The van der Waals surface area contributed by atoms with Crippen LogP contribution >= 0.6 is 11.6 Å². The highest BCUT2D eigenvalue weighted by Gasteiger charge is 2.30. The molecule has 2 aromatic carbocycles. The molecule has 2 aromatic rings. The van der Waals surface area contributed by atoms with Crippen molar-refractivity contribution < 1.29 is 18.0 Å². The standard InChI is InChI=1S/C20H18ClF3N2O/c1-14(16-7-3-9-18(21)12-16)26-13-19(27)25-10-4-6-15-5-2-8-17(11-15)20(22,23)24/h2-3,5,7-9,11-12,14,26H,10,13H2,1H3,(H,25,27). The molecule has 0 saturated heterocycles. The lowest BCUT2D eigenvalue weighted by molar-refractivity contribution is -0.137. The number of carbonyl (C=O) groups is 1. The van der Waals surface area contributed by atoms with Gasteiger partial charge >= 0.3 is 6.18 Å². The molecular formula is C20H18ClF3N2O. The highest BCUT2D eigenvalue weighted by molar-refractivity contribution is 6.30. The quantitative estimate of drug-likeness (QED) is 0.747. The van der Waals surface area contributed by atoms with Crippen molar-refractivity contribution in [2.45, 2.75) is 19.1 Å². The van der Waals surface area contributed by atoms with Crippen LogP contribution < -0.4 is 10.6 Å². The van der Waals surface area contributed by atoms with Crippen molar-refractivity contribution in [1.82, 2.24) is 10.6 Å². The molecule has 0 saturated carbocycles. The number of alkyl halides is 3. The lowest BCUT2D eigenvalue weighted by atomic mass is 10.1. The molecule has 1 unspecified atom stereocenters. The Morgan fingerprint density at radius 3 is 2.63 bits per heavy atom. The molecule has 0 aliphatic rings. The van der Waals surface area contributed by atoms with E-state index in [0.717, 1.165) is 17.7 Å². The van der Waals surface area contributed by atoms with E-state index in [1.54, 1.807) is 6.07 Å². The number of benzene rings is 2. The van der Waals surface area contributed by atoms with E-state index in [4.69, 9.17) is 11.6 Å². The third kappa shape index (κ3) is 6.97. The number of amides is 1. The van der Waals surface area contributed by atoms with Crippen LogP contribution in [0.3, 0.4) is 0 Å². The first-order valence-electron chi connectivity index (χ1n) is 8.17. The molecule has 142 valence electrons. The molecule has 0 aliphatic carbocycles. The van der Waals surface area contributed by atoms with Gasteiger partial charge in [-0.25, -0.2) is 0 Å². The van der Waals surface area contributed by atoms with Gasteiger partial charge in [0.2, 0.25) is 5.91 Å². The largest absolute Gasteiger partial charge is 0.416 e. The smallest absolute Gasteiger partial charge is 0.344 e. The molecule has 1 atom stereocenters. The van der Waals surface area contributed by atoms with Gasteiger partial charge in [-0.2, -0.15) is 13.2 Å². The maximum absolute atomic E-state index is 12.6. The van der Waals surface area contributed by atoms with Crippen LogP contribution in [0.15, 0.2) is 48.5 Å². The summed E-state index contributed by atoms with van der Waals surface area (Å²) >= 11 is 5.94. The van der Waals surface area contributed by atoms with Gasteiger partial charge in [0, 0.05) is 16.6 Å². The Kier molecular flexibility index (Phi) is 7.28. The van der Waals surface area contributed by atoms with Crippen LogP contribution in [0.2, 0.25) is 5.02 Å². The molecule has 0 aromatic heterocycles. The van der Waals surface area contributed by atoms with E-state index in [1.807, 2.05) is 25.1 Å². The monoisotopic (exact) mass is 394 g/mol. The molecule has 0 radical (unpaired) electrons. The maximum Gasteiger partial charge on any atom is 0.416 e. The highest BCUT2D eigenvalue weighted by Crippen LogP contribution is 2.29. The zero-order chi connectivity index (χ0) is 19.9. The number of carbonyl (C=O) groups excluding carboxylic acids is 1. The lowest BCUT2D eigenvalue weighted by Gasteiger charge is -2.14. The summed E-state index contributed by atoms with van der Waals surface area (Å²) in [5.74, 6) is 4.99. The zero-order valence-electron chi connectivity index (χ0n) is 14.5. The summed E-state index contributed by atoms with van der Waals surface area (Å²) in [6.07, 6.45) is -4.41. The molecule has 0 fully saturated rings. The summed E-state index contributed by atoms with van der Waals surface area (Å²) in [5, 5.41) is 6.28. The van der Waals surface area contributed by atoms with Crippen molar-refractivity contribution in [3.63, 3.8) is 0 Å². The van der Waals surface area contributed by atoms with E-state index in [2.05, 4.69) is 22.5 Å². The Hall–Kier alpha value is -2.49. The first-order chi connectivity index (χ1) is 12.8. The summed E-state index contributed by atoms with van der Waals surface area (Å²) in [6, 6.07) is 12.0. The van der Waals surface area contributed by atoms with Crippen LogP contribution in [0.25, 0.3) is 0 Å². The predicted octanol–water partition coefficient (Wildman–Crippen LogP) is 4.18. The number of nitrogens with one attached hydrogen (secondary N) is 2. The number of hydrogen-bond acceptors (Lipinski definition) is 2. The van der Waals surface area contributed by atoms with Crippen molar-refractivity contribution >= 4 is 17.5 Å². The van der Waals surface area contributed by atoms with Crippen LogP contribution in [-0.2, 0) is 11.0 Å². The fourth-order valence-corrected chi connectivity index (χ4v) is 2.46. The van der Waals surface area contributed by atoms with Crippen molar-refractivity contribution in [2.24, 2.45) is 0 Å². The number of halogens is 4. The van der Waals surface area contributed by atoms with Gasteiger partial charge in [0.1, 0.15) is 0 Å². The second-order valence-electron chi connectivity index (χ2n) is 5.81. The second-order valence-corrected chi connectivity index (χ2v) is 6.25. The molecule has 3 nitrogen and oxygen atoms in total. The summed E-state index contributed by atoms with van der Waals surface area (Å²) < 4.78 is 37.9. The van der Waals surface area contributed by atoms with Crippen LogP contribution in [0.4, 0.5) is 13.2 Å². The summed E-state index contributed by atoms with van der Waals surface area (Å²) in [6.45, 7) is 2.04. The van der Waals surface area contributed by atoms with E-state index in [0.29, 0.717) is 5.02 Å². The minimum absolute atomic E-state index is 0.0440. The number of rotatable bonds is 5. The van der Waals surface area contributed by atoms with Gasteiger partial charge in [0.25, 0.3) is 0 Å². The van der Waals surface area contributed by atoms with E-state index < -0.39 is 11.7 Å². The molecular weight excluding hydrogens is 377 g/mol. The summed E-state index contributed by atoms with van der Waals surface area (Å²) in [5.41, 5.74) is 0.448. The van der Waals surface area contributed by atoms with Gasteiger partial charge in [-0.05, 0) is 42.8 Å². The molecule has 0 heterocycles. The van der Waals surface area contributed by atoms with Crippen molar-refractivity contribution in [2.75, 3.05) is 13.1 Å². The second kappa shape index (κ2) is 9.45. The Morgan fingerprint density at radius 1 is 1.19 bits per heavy atom. The molecule has 0 spiro atoms. The minimum atomic E-state index is -4.41. The van der Waals surface area contributed by atoms with E-state index >= 15 is 0 Å². The molecule has 27 heavy (non-hydrogen) atoms. The van der Waals surface area contributed by atoms with E-state index in [1.165, 1.54) is 12.1 Å². The Balaban J connectivity index is 1.79. The normalized spacial score (nSPS) is 12.0. The summed E-state index contributed by atoms with van der Waals surface area (Å²) in [7, 11) is 0. The molecule has 2 N–H and O–H groups in total. The number of hydrogen-bond donors (Lipinski definition) is 2. The maximum atomic E-state index is 12.6. The Bertz CT molecular complexity index is 856. The fourth-order valence-electron chi connectivity index (χ4n) is 2.26. The molecule has 2 rings (SSSR count). The first kappa shape index (κ1) is 20.8. The van der Waals surface area contributed by atoms with Gasteiger partial charge in [-0.1, -0.05) is 41.6 Å². The van der Waals surface area contributed by atoms with Crippen LogP contribution in [0.1, 0.15) is 29.7 Å². The van der Waals surface area contributed by atoms with Gasteiger partial charge in [0.05, 0.1) is 18.7 Å². The van der Waals surface area contributed by atoms with Crippen molar-refractivity contribution in [1.29, 1.82) is 0 Å². The molecule has 1 amide bonds. The average Bonchev–Trinajstić information content (AvgIpc) is 2.63. The van der Waals surface area contributed by atoms with Crippen molar-refractivity contribution in [3.05, 3.63) is 70.2 Å². The minimum Gasteiger partial charge on any atom is -0.344 e. The Labute approximate surface area is 160 Å². The lowest BCUT2D eigenvalue weighted by Crippen LogP contribution is -2.35. The summed E-state index contributed by atoms with van der Waals surface area (Å²) in [4.78, 5) is 11.8. The SMILES string of the molecule is CC(NCC(=O)NCC#Cc1cccc(C(F)(F)F)c1)c1cccc(Cl)c1. The predicted molar refractivity (Wildman–Crippen MR) is 99.2 cm³/mol. The third-order valence-electron chi connectivity index (χ3n) is 3.71. The highest BCUT2D eigenvalue weighted by atomic mass is 35.5. The first-order valence-corrected chi connectivity index (χ1v) is 8.55. The topological polar surface area (TPSA) is 41.1 Å². The zero-order valence-corrected chi connectivity index (χ0v) is 15.3. The fraction of sp³-hybridized carbons (Fsp3) is 0.250. The average molecular weight is 395 g/mol. The van der Waals surface area contributed by atoms with Gasteiger partial charge in [-0.15, -0.1) is 0 Å². The van der Waals surface area contributed by atoms with Crippen LogP contribution in [-0.4, -0.2) is 19.0 Å². The van der Waals surface area contributed by atoms with Gasteiger partial charge in [0.15, 0.2) is 0 Å². The molecule has 7 heteroatoms. The van der Waals surface area contributed by atoms with E-state index in [-0.39, 0.29) is 30.6 Å². The van der Waals surface area contributed by atoms with Gasteiger partial charge < -0.3 is 10.6 Å². The van der Waals surface area contributed by atoms with Crippen LogP contribution in [0.5, 0.6) is 0 Å². The third-order valence-corrected chi connectivity index (χ3v) is 3.95. The molecule has 0 bridgehead atoms. The molecule has 0 aliphatic heterocycles.